The molecule has 1 fully saturated rings. The van der Waals surface area contributed by atoms with E-state index < -0.39 is 4.92 Å². The van der Waals surface area contributed by atoms with Crippen LogP contribution in [0.3, 0.4) is 0 Å². The van der Waals surface area contributed by atoms with Crippen LogP contribution in [-0.4, -0.2) is 46.8 Å². The molecule has 146 valence electrons. The van der Waals surface area contributed by atoms with Gasteiger partial charge in [0.2, 0.25) is 5.91 Å². The number of nitro benzene ring substituents is 1. The van der Waals surface area contributed by atoms with Crippen LogP contribution >= 0.6 is 11.6 Å². The highest BCUT2D eigenvalue weighted by Gasteiger charge is 2.21. The minimum absolute atomic E-state index is 0.0185. The zero-order chi connectivity index (χ0) is 20.1. The number of amides is 1. The summed E-state index contributed by atoms with van der Waals surface area (Å²) in [6.07, 6.45) is 2.99. The highest BCUT2D eigenvalue weighted by molar-refractivity contribution is 6.31. The molecule has 0 unspecified atom stereocenters. The number of nitrogens with zero attached hydrogens (tertiary/aromatic N) is 3. The zero-order valence-corrected chi connectivity index (χ0v) is 15.8. The number of halogens is 2. The average Bonchev–Trinajstić information content (AvgIpc) is 2.70. The molecule has 8 heteroatoms. The number of hydrogen-bond donors (Lipinski definition) is 0. The number of non-ortho nitro benzene ring substituents is 1. The lowest BCUT2D eigenvalue weighted by Gasteiger charge is -2.34. The number of carbonyl (C=O) groups excluding carboxylic acids is 1. The maximum atomic E-state index is 13.9. The second-order valence-electron chi connectivity index (χ2n) is 6.49. The molecule has 1 aliphatic heterocycles. The van der Waals surface area contributed by atoms with E-state index in [0.29, 0.717) is 48.9 Å². The molecule has 0 bridgehead atoms. The molecule has 0 aromatic heterocycles. The Morgan fingerprint density at radius 2 is 1.89 bits per heavy atom. The van der Waals surface area contributed by atoms with Gasteiger partial charge in [-0.1, -0.05) is 29.8 Å². The summed E-state index contributed by atoms with van der Waals surface area (Å²) in [6.45, 7) is 2.66. The molecule has 3 rings (SSSR count). The van der Waals surface area contributed by atoms with E-state index in [1.165, 1.54) is 24.3 Å². The van der Waals surface area contributed by atoms with Crippen LogP contribution in [-0.2, 0) is 11.3 Å². The fourth-order valence-electron chi connectivity index (χ4n) is 3.05. The summed E-state index contributed by atoms with van der Waals surface area (Å²) < 4.78 is 13.9. The molecule has 1 amide bonds. The molecule has 1 heterocycles. The normalized spacial score (nSPS) is 15.1. The van der Waals surface area contributed by atoms with Gasteiger partial charge in [0.05, 0.1) is 4.92 Å². The van der Waals surface area contributed by atoms with Crippen molar-refractivity contribution in [2.75, 3.05) is 26.2 Å². The van der Waals surface area contributed by atoms with E-state index in [1.807, 2.05) is 0 Å². The molecule has 0 aliphatic carbocycles. The molecule has 6 nitrogen and oxygen atoms in total. The van der Waals surface area contributed by atoms with Gasteiger partial charge in [-0.05, 0) is 23.8 Å². The second kappa shape index (κ2) is 8.95. The minimum atomic E-state index is -0.472. The fraction of sp³-hybridized carbons (Fsp3) is 0.250. The number of nitro groups is 1. The van der Waals surface area contributed by atoms with Crippen molar-refractivity contribution in [3.05, 3.63) is 80.6 Å². The van der Waals surface area contributed by atoms with Crippen LogP contribution in [0.1, 0.15) is 11.1 Å². The highest BCUT2D eigenvalue weighted by Crippen LogP contribution is 2.21. The first-order valence-corrected chi connectivity index (χ1v) is 9.18. The van der Waals surface area contributed by atoms with Crippen molar-refractivity contribution in [1.82, 2.24) is 9.80 Å². The Bertz CT molecular complexity index is 891. The minimum Gasteiger partial charge on any atom is -0.337 e. The third-order valence-electron chi connectivity index (χ3n) is 4.63. The van der Waals surface area contributed by atoms with E-state index in [1.54, 1.807) is 35.2 Å². The third kappa shape index (κ3) is 4.94. The number of carbonyl (C=O) groups is 1. The van der Waals surface area contributed by atoms with Gasteiger partial charge in [0.1, 0.15) is 5.82 Å². The van der Waals surface area contributed by atoms with Crippen molar-refractivity contribution < 1.29 is 14.1 Å². The molecule has 2 aromatic rings. The van der Waals surface area contributed by atoms with Gasteiger partial charge in [-0.15, -0.1) is 0 Å². The van der Waals surface area contributed by atoms with Crippen LogP contribution in [0.2, 0.25) is 5.02 Å². The summed E-state index contributed by atoms with van der Waals surface area (Å²) in [7, 11) is 0. The summed E-state index contributed by atoms with van der Waals surface area (Å²) in [5.41, 5.74) is 1.04. The molecule has 0 spiro atoms. The van der Waals surface area contributed by atoms with Gasteiger partial charge in [0, 0.05) is 61.5 Å². The first kappa shape index (κ1) is 20.0. The van der Waals surface area contributed by atoms with Gasteiger partial charge in [0.15, 0.2) is 0 Å². The van der Waals surface area contributed by atoms with E-state index in [4.69, 9.17) is 11.6 Å². The third-order valence-corrected chi connectivity index (χ3v) is 4.98. The van der Waals surface area contributed by atoms with E-state index in [2.05, 4.69) is 4.90 Å². The Hall–Kier alpha value is -2.77. The van der Waals surface area contributed by atoms with Gasteiger partial charge in [-0.2, -0.15) is 0 Å². The van der Waals surface area contributed by atoms with Crippen molar-refractivity contribution in [3.63, 3.8) is 0 Å². The van der Waals surface area contributed by atoms with Gasteiger partial charge in [-0.25, -0.2) is 4.39 Å². The van der Waals surface area contributed by atoms with Gasteiger partial charge in [-0.3, -0.25) is 19.8 Å². The predicted molar refractivity (Wildman–Crippen MR) is 105 cm³/mol. The summed E-state index contributed by atoms with van der Waals surface area (Å²) >= 11 is 6.08. The maximum Gasteiger partial charge on any atom is 0.270 e. The number of benzene rings is 2. The van der Waals surface area contributed by atoms with Crippen LogP contribution in [0.5, 0.6) is 0 Å². The van der Waals surface area contributed by atoms with Crippen molar-refractivity contribution in [3.8, 4) is 0 Å². The fourth-order valence-corrected chi connectivity index (χ4v) is 3.27. The molecule has 1 saturated heterocycles. The van der Waals surface area contributed by atoms with Gasteiger partial charge >= 0.3 is 0 Å². The highest BCUT2D eigenvalue weighted by atomic mass is 35.5. The SMILES string of the molecule is O=C(/C=C/c1cccc([N+](=O)[O-])c1)N1CCN(Cc2c(F)cccc2Cl)CC1. The molecule has 28 heavy (non-hydrogen) atoms. The van der Waals surface area contributed by atoms with E-state index in [9.17, 15) is 19.3 Å². The Morgan fingerprint density at radius 3 is 2.57 bits per heavy atom. The molecular formula is C20H19ClFN3O3. The lowest BCUT2D eigenvalue weighted by Crippen LogP contribution is -2.47. The van der Waals surface area contributed by atoms with Gasteiger partial charge < -0.3 is 4.90 Å². The molecule has 0 saturated carbocycles. The molecule has 0 radical (unpaired) electrons. The number of piperazine rings is 1. The van der Waals surface area contributed by atoms with Crippen molar-refractivity contribution in [1.29, 1.82) is 0 Å². The van der Waals surface area contributed by atoms with E-state index in [0.717, 1.165) is 0 Å². The molecular weight excluding hydrogens is 385 g/mol. The Morgan fingerprint density at radius 1 is 1.18 bits per heavy atom. The summed E-state index contributed by atoms with van der Waals surface area (Å²) in [5.74, 6) is -0.485. The molecule has 0 N–H and O–H groups in total. The Kier molecular flexibility index (Phi) is 6.38. The summed E-state index contributed by atoms with van der Waals surface area (Å²) in [4.78, 5) is 26.5. The van der Waals surface area contributed by atoms with E-state index in [-0.39, 0.29) is 17.4 Å². The smallest absolute Gasteiger partial charge is 0.270 e. The van der Waals surface area contributed by atoms with Crippen molar-refractivity contribution >= 4 is 29.3 Å². The molecule has 1 aliphatic rings. The summed E-state index contributed by atoms with van der Waals surface area (Å²) in [5, 5.41) is 11.2. The quantitative estimate of drug-likeness (QED) is 0.433. The van der Waals surface area contributed by atoms with Crippen LogP contribution in [0.15, 0.2) is 48.5 Å². The maximum absolute atomic E-state index is 13.9. The molecule has 2 aromatic carbocycles. The van der Waals surface area contributed by atoms with Crippen molar-refractivity contribution in [2.24, 2.45) is 0 Å². The first-order valence-electron chi connectivity index (χ1n) is 8.81. The Balaban J connectivity index is 1.55. The summed E-state index contributed by atoms with van der Waals surface area (Å²) in [6, 6.07) is 10.7. The topological polar surface area (TPSA) is 66.7 Å². The van der Waals surface area contributed by atoms with E-state index >= 15 is 0 Å². The lowest BCUT2D eigenvalue weighted by molar-refractivity contribution is -0.384. The zero-order valence-electron chi connectivity index (χ0n) is 15.1. The number of rotatable bonds is 5. The second-order valence-corrected chi connectivity index (χ2v) is 6.89. The van der Waals surface area contributed by atoms with Crippen LogP contribution in [0.4, 0.5) is 10.1 Å². The lowest BCUT2D eigenvalue weighted by atomic mass is 10.1. The predicted octanol–water partition coefficient (Wildman–Crippen LogP) is 3.74. The average molecular weight is 404 g/mol. The molecule has 0 atom stereocenters. The van der Waals surface area contributed by atoms with Crippen LogP contribution in [0, 0.1) is 15.9 Å². The van der Waals surface area contributed by atoms with Crippen LogP contribution in [0.25, 0.3) is 6.08 Å². The van der Waals surface area contributed by atoms with Crippen molar-refractivity contribution in [2.45, 2.75) is 6.54 Å². The van der Waals surface area contributed by atoms with Gasteiger partial charge in [0.25, 0.3) is 5.69 Å². The monoisotopic (exact) mass is 403 g/mol. The first-order chi connectivity index (χ1) is 13.4. The largest absolute Gasteiger partial charge is 0.337 e. The number of hydrogen-bond acceptors (Lipinski definition) is 4. The Labute approximate surface area is 167 Å². The standard InChI is InChI=1S/C20H19ClFN3O3/c21-18-5-2-6-19(22)17(18)14-23-9-11-24(12-10-23)20(26)8-7-15-3-1-4-16(13-15)25(27)28/h1-8,13H,9-12,14H2/b8-7+. The van der Waals surface area contributed by atoms with Crippen LogP contribution < -0.4 is 0 Å².